The number of aromatic nitrogens is 1. The molecule has 0 atom stereocenters. The second-order valence-corrected chi connectivity index (χ2v) is 8.41. The lowest BCUT2D eigenvalue weighted by Gasteiger charge is -2.34. The van der Waals surface area contributed by atoms with E-state index in [1.54, 1.807) is 4.90 Å². The summed E-state index contributed by atoms with van der Waals surface area (Å²) in [4.78, 5) is 35.6. The average Bonchev–Trinajstić information content (AvgIpc) is 2.84. The first kappa shape index (κ1) is 22.1. The molecular formula is C24H32N6O2. The number of nitrogens with zero attached hydrogens (tertiary/aromatic N) is 4. The number of piperidine rings is 1. The van der Waals surface area contributed by atoms with Crippen LogP contribution in [0.4, 0.5) is 16.3 Å². The van der Waals surface area contributed by atoms with E-state index in [-0.39, 0.29) is 11.9 Å². The minimum atomic E-state index is -0.0708. The zero-order valence-electron chi connectivity index (χ0n) is 18.5. The molecule has 2 aliphatic rings. The molecule has 2 aliphatic heterocycles. The van der Waals surface area contributed by atoms with E-state index in [1.807, 2.05) is 48.7 Å². The Morgan fingerprint density at radius 1 is 0.875 bits per heavy atom. The summed E-state index contributed by atoms with van der Waals surface area (Å²) in [5.74, 6) is 0.988. The van der Waals surface area contributed by atoms with Crippen LogP contribution in [0, 0.1) is 0 Å². The van der Waals surface area contributed by atoms with E-state index in [9.17, 15) is 9.59 Å². The normalized spacial score (nSPS) is 17.1. The van der Waals surface area contributed by atoms with E-state index in [0.717, 1.165) is 30.2 Å². The Kier molecular flexibility index (Phi) is 7.55. The molecule has 0 spiro atoms. The molecule has 8 heteroatoms. The van der Waals surface area contributed by atoms with Crippen molar-refractivity contribution in [2.24, 2.45) is 0 Å². The summed E-state index contributed by atoms with van der Waals surface area (Å²) in [7, 11) is 0. The van der Waals surface area contributed by atoms with Crippen molar-refractivity contribution in [3.8, 4) is 0 Å². The minimum absolute atomic E-state index is 0.0328. The molecule has 0 unspecified atom stereocenters. The highest BCUT2D eigenvalue weighted by Crippen LogP contribution is 2.17. The molecule has 2 fully saturated rings. The highest BCUT2D eigenvalue weighted by Gasteiger charge is 2.22. The molecule has 1 aromatic carbocycles. The van der Waals surface area contributed by atoms with Crippen molar-refractivity contribution in [1.82, 2.24) is 20.1 Å². The van der Waals surface area contributed by atoms with Gasteiger partial charge >= 0.3 is 6.03 Å². The lowest BCUT2D eigenvalue weighted by molar-refractivity contribution is -0.117. The summed E-state index contributed by atoms with van der Waals surface area (Å²) in [5.41, 5.74) is 1.80. The third-order valence-electron chi connectivity index (χ3n) is 6.02. The Morgan fingerprint density at radius 2 is 1.62 bits per heavy atom. The van der Waals surface area contributed by atoms with Gasteiger partial charge in [0.25, 0.3) is 0 Å². The molecule has 3 heterocycles. The van der Waals surface area contributed by atoms with Crippen LogP contribution < -0.4 is 15.5 Å². The number of carbonyl (C=O) groups is 2. The Hall–Kier alpha value is -3.13. The fourth-order valence-corrected chi connectivity index (χ4v) is 4.15. The van der Waals surface area contributed by atoms with Crippen molar-refractivity contribution in [3.05, 3.63) is 54.2 Å². The van der Waals surface area contributed by atoms with E-state index in [1.165, 1.54) is 19.3 Å². The van der Waals surface area contributed by atoms with Gasteiger partial charge in [-0.05, 0) is 43.0 Å². The third-order valence-corrected chi connectivity index (χ3v) is 6.02. The van der Waals surface area contributed by atoms with Gasteiger partial charge in [0.15, 0.2) is 0 Å². The van der Waals surface area contributed by atoms with Crippen molar-refractivity contribution in [1.29, 1.82) is 0 Å². The quantitative estimate of drug-likeness (QED) is 0.727. The number of pyridine rings is 1. The van der Waals surface area contributed by atoms with Crippen molar-refractivity contribution < 1.29 is 9.59 Å². The molecule has 2 aromatic rings. The fraction of sp³-hybridized carbons (Fsp3) is 0.458. The van der Waals surface area contributed by atoms with Crippen LogP contribution in [0.15, 0.2) is 48.7 Å². The van der Waals surface area contributed by atoms with Crippen LogP contribution in [0.3, 0.4) is 0 Å². The first-order valence-corrected chi connectivity index (χ1v) is 11.5. The second kappa shape index (κ2) is 10.9. The number of hydrogen-bond donors (Lipinski definition) is 2. The number of benzene rings is 1. The predicted molar refractivity (Wildman–Crippen MR) is 126 cm³/mol. The molecule has 2 saturated heterocycles. The fourth-order valence-electron chi connectivity index (χ4n) is 4.15. The smallest absolute Gasteiger partial charge is 0.317 e. The van der Waals surface area contributed by atoms with Gasteiger partial charge in [-0.25, -0.2) is 9.78 Å². The zero-order valence-corrected chi connectivity index (χ0v) is 18.5. The van der Waals surface area contributed by atoms with Gasteiger partial charge in [-0.3, -0.25) is 9.69 Å². The van der Waals surface area contributed by atoms with E-state index in [4.69, 9.17) is 0 Å². The van der Waals surface area contributed by atoms with E-state index in [2.05, 4.69) is 25.4 Å². The molecule has 0 aliphatic carbocycles. The highest BCUT2D eigenvalue weighted by atomic mass is 16.2. The highest BCUT2D eigenvalue weighted by molar-refractivity contribution is 5.92. The van der Waals surface area contributed by atoms with Gasteiger partial charge < -0.3 is 20.4 Å². The van der Waals surface area contributed by atoms with Crippen LogP contribution in [-0.4, -0.2) is 72.5 Å². The number of hydrogen-bond acceptors (Lipinski definition) is 5. The molecule has 2 N–H and O–H groups in total. The summed E-state index contributed by atoms with van der Waals surface area (Å²) < 4.78 is 0. The summed E-state index contributed by atoms with van der Waals surface area (Å²) in [6.07, 6.45) is 5.61. The number of para-hydroxylation sites is 1. The van der Waals surface area contributed by atoms with Gasteiger partial charge in [0.05, 0.1) is 6.54 Å². The molecule has 0 radical (unpaired) electrons. The number of nitrogens with one attached hydrogen (secondary N) is 2. The molecule has 32 heavy (non-hydrogen) atoms. The maximum Gasteiger partial charge on any atom is 0.317 e. The standard InChI is InChI=1S/C24H32N6O2/c31-23(27-21-7-3-1-4-8-21)19-28-13-15-30(16-14-28)24(32)26-18-20-9-10-22(25-17-20)29-11-5-2-6-12-29/h1,3-4,7-10,17H,2,5-6,11-16,18-19H2,(H,26,32)(H,27,31). The number of carbonyl (C=O) groups excluding carboxylic acids is 2. The topological polar surface area (TPSA) is 80.8 Å². The Bertz CT molecular complexity index is 875. The Morgan fingerprint density at radius 3 is 2.31 bits per heavy atom. The summed E-state index contributed by atoms with van der Waals surface area (Å²) in [6, 6.07) is 13.5. The van der Waals surface area contributed by atoms with Gasteiger partial charge in [-0.1, -0.05) is 24.3 Å². The van der Waals surface area contributed by atoms with Crippen molar-refractivity contribution >= 4 is 23.4 Å². The van der Waals surface area contributed by atoms with E-state index in [0.29, 0.717) is 39.3 Å². The molecule has 4 rings (SSSR count). The molecule has 170 valence electrons. The Balaban J connectivity index is 1.16. The van der Waals surface area contributed by atoms with E-state index < -0.39 is 0 Å². The first-order chi connectivity index (χ1) is 15.7. The summed E-state index contributed by atoms with van der Waals surface area (Å²) in [6.45, 7) is 5.52. The van der Waals surface area contributed by atoms with Crippen molar-refractivity contribution in [2.45, 2.75) is 25.8 Å². The van der Waals surface area contributed by atoms with Crippen LogP contribution in [0.2, 0.25) is 0 Å². The number of piperazine rings is 1. The maximum atomic E-state index is 12.5. The molecule has 0 saturated carbocycles. The van der Waals surface area contributed by atoms with Crippen LogP contribution in [-0.2, 0) is 11.3 Å². The van der Waals surface area contributed by atoms with Crippen molar-refractivity contribution in [2.75, 3.05) is 56.0 Å². The van der Waals surface area contributed by atoms with Gasteiger partial charge in [0.2, 0.25) is 5.91 Å². The van der Waals surface area contributed by atoms with Gasteiger partial charge in [0.1, 0.15) is 5.82 Å². The van der Waals surface area contributed by atoms with Crippen LogP contribution >= 0.6 is 0 Å². The maximum absolute atomic E-state index is 12.5. The monoisotopic (exact) mass is 436 g/mol. The minimum Gasteiger partial charge on any atom is -0.357 e. The van der Waals surface area contributed by atoms with Crippen LogP contribution in [0.1, 0.15) is 24.8 Å². The predicted octanol–water partition coefficient (Wildman–Crippen LogP) is 2.54. The average molecular weight is 437 g/mol. The van der Waals surface area contributed by atoms with Crippen LogP contribution in [0.5, 0.6) is 0 Å². The largest absolute Gasteiger partial charge is 0.357 e. The second-order valence-electron chi connectivity index (χ2n) is 8.41. The molecule has 8 nitrogen and oxygen atoms in total. The number of anilines is 2. The number of urea groups is 1. The molecular weight excluding hydrogens is 404 g/mol. The molecule has 3 amide bonds. The van der Waals surface area contributed by atoms with E-state index >= 15 is 0 Å². The summed E-state index contributed by atoms with van der Waals surface area (Å²) in [5, 5.41) is 5.90. The lowest BCUT2D eigenvalue weighted by atomic mass is 10.1. The SMILES string of the molecule is O=C(CN1CCN(C(=O)NCc2ccc(N3CCCCC3)nc2)CC1)Nc1ccccc1. The van der Waals surface area contributed by atoms with Gasteiger partial charge in [-0.15, -0.1) is 0 Å². The Labute approximate surface area is 189 Å². The van der Waals surface area contributed by atoms with Crippen molar-refractivity contribution in [3.63, 3.8) is 0 Å². The number of rotatable bonds is 6. The third kappa shape index (κ3) is 6.20. The van der Waals surface area contributed by atoms with Gasteiger partial charge in [0, 0.05) is 57.7 Å². The lowest BCUT2D eigenvalue weighted by Crippen LogP contribution is -2.52. The zero-order chi connectivity index (χ0) is 22.2. The number of amides is 3. The van der Waals surface area contributed by atoms with Crippen LogP contribution in [0.25, 0.3) is 0 Å². The molecule has 0 bridgehead atoms. The first-order valence-electron chi connectivity index (χ1n) is 11.5. The summed E-state index contributed by atoms with van der Waals surface area (Å²) >= 11 is 0. The van der Waals surface area contributed by atoms with Gasteiger partial charge in [-0.2, -0.15) is 0 Å². The molecule has 1 aromatic heterocycles.